The number of carbonyl (C=O) groups excluding carboxylic acids is 1. The van der Waals surface area contributed by atoms with Gasteiger partial charge in [0.25, 0.3) is 0 Å². The van der Waals surface area contributed by atoms with Crippen molar-refractivity contribution < 1.29 is 9.18 Å². The molecule has 1 heterocycles. The lowest BCUT2D eigenvalue weighted by Crippen LogP contribution is -2.07. The normalized spacial score (nSPS) is 10.4. The zero-order chi connectivity index (χ0) is 13.3. The van der Waals surface area contributed by atoms with Crippen molar-refractivity contribution in [2.75, 3.05) is 5.73 Å². The van der Waals surface area contributed by atoms with E-state index in [2.05, 4.69) is 4.98 Å². The Morgan fingerprint density at radius 1 is 1.39 bits per heavy atom. The van der Waals surface area contributed by atoms with Crippen LogP contribution in [0.3, 0.4) is 0 Å². The summed E-state index contributed by atoms with van der Waals surface area (Å²) in [7, 11) is 0. The smallest absolute Gasteiger partial charge is 0.196 e. The molecule has 0 saturated heterocycles. The Balaban J connectivity index is 2.47. The van der Waals surface area contributed by atoms with Crippen molar-refractivity contribution in [3.05, 3.63) is 58.0 Å². The number of nitrogens with two attached hydrogens (primary N) is 1. The van der Waals surface area contributed by atoms with Gasteiger partial charge in [-0.2, -0.15) is 0 Å². The maximum atomic E-state index is 13.0. The zero-order valence-electron chi connectivity index (χ0n) is 9.58. The van der Waals surface area contributed by atoms with Crippen molar-refractivity contribution in [3.8, 4) is 0 Å². The molecule has 0 saturated carbocycles. The first kappa shape index (κ1) is 12.5. The Bertz CT molecular complexity index is 628. The summed E-state index contributed by atoms with van der Waals surface area (Å²) in [5.74, 6) is -0.750. The highest BCUT2D eigenvalue weighted by molar-refractivity contribution is 6.31. The summed E-state index contributed by atoms with van der Waals surface area (Å²) in [6.45, 7) is 1.81. The van der Waals surface area contributed by atoms with Crippen molar-refractivity contribution in [1.29, 1.82) is 0 Å². The predicted octanol–water partition coefficient (Wildman–Crippen LogP) is 3.00. The first-order valence-corrected chi connectivity index (χ1v) is 5.58. The van der Waals surface area contributed by atoms with Gasteiger partial charge < -0.3 is 5.73 Å². The standard InChI is InChI=1S/C13H10ClFN2O/c1-7-4-9(13(16)17-6-7)12(18)8-2-3-11(15)10(14)5-8/h2-6H,1H3,(H2,16,17). The van der Waals surface area contributed by atoms with Crippen LogP contribution >= 0.6 is 11.6 Å². The van der Waals surface area contributed by atoms with E-state index in [0.717, 1.165) is 11.6 Å². The van der Waals surface area contributed by atoms with Crippen LogP contribution in [0, 0.1) is 12.7 Å². The monoisotopic (exact) mass is 264 g/mol. The number of aryl methyl sites for hydroxylation is 1. The van der Waals surface area contributed by atoms with E-state index in [0.29, 0.717) is 0 Å². The quantitative estimate of drug-likeness (QED) is 0.849. The van der Waals surface area contributed by atoms with Crippen LogP contribution < -0.4 is 5.73 Å². The SMILES string of the molecule is Cc1cnc(N)c(C(=O)c2ccc(F)c(Cl)c2)c1. The summed E-state index contributed by atoms with van der Waals surface area (Å²) < 4.78 is 13.0. The Hall–Kier alpha value is -1.94. The molecule has 2 N–H and O–H groups in total. The van der Waals surface area contributed by atoms with Crippen molar-refractivity contribution >= 4 is 23.2 Å². The van der Waals surface area contributed by atoms with E-state index < -0.39 is 5.82 Å². The minimum absolute atomic E-state index is 0.0972. The van der Waals surface area contributed by atoms with Crippen LogP contribution in [0.25, 0.3) is 0 Å². The number of hydrogen-bond acceptors (Lipinski definition) is 3. The van der Waals surface area contributed by atoms with Gasteiger partial charge in [-0.15, -0.1) is 0 Å². The van der Waals surface area contributed by atoms with Gasteiger partial charge in [0.15, 0.2) is 5.78 Å². The fraction of sp³-hybridized carbons (Fsp3) is 0.0769. The van der Waals surface area contributed by atoms with Gasteiger partial charge >= 0.3 is 0 Å². The maximum Gasteiger partial charge on any atom is 0.196 e. The number of benzene rings is 1. The molecule has 1 aromatic heterocycles. The van der Waals surface area contributed by atoms with Gasteiger partial charge in [0.1, 0.15) is 11.6 Å². The molecular weight excluding hydrogens is 255 g/mol. The van der Waals surface area contributed by atoms with E-state index in [1.165, 1.54) is 12.1 Å². The Morgan fingerprint density at radius 3 is 2.78 bits per heavy atom. The summed E-state index contributed by atoms with van der Waals surface area (Å²) in [6, 6.07) is 5.43. The molecule has 0 atom stereocenters. The number of halogens is 2. The largest absolute Gasteiger partial charge is 0.383 e. The van der Waals surface area contributed by atoms with Crippen molar-refractivity contribution in [2.45, 2.75) is 6.92 Å². The fourth-order valence-electron chi connectivity index (χ4n) is 1.55. The Morgan fingerprint density at radius 2 is 2.11 bits per heavy atom. The van der Waals surface area contributed by atoms with Crippen LogP contribution in [-0.4, -0.2) is 10.8 Å². The summed E-state index contributed by atoms with van der Waals surface area (Å²) in [5, 5.41) is -0.0972. The number of anilines is 1. The molecule has 0 radical (unpaired) electrons. The lowest BCUT2D eigenvalue weighted by Gasteiger charge is -2.06. The molecule has 1 aromatic carbocycles. The van der Waals surface area contributed by atoms with Crippen LogP contribution in [0.5, 0.6) is 0 Å². The Kier molecular flexibility index (Phi) is 3.30. The van der Waals surface area contributed by atoms with Crippen LogP contribution in [-0.2, 0) is 0 Å². The second-order valence-corrected chi connectivity index (χ2v) is 4.31. The van der Waals surface area contributed by atoms with Crippen molar-refractivity contribution in [2.24, 2.45) is 0 Å². The third-order valence-corrected chi connectivity index (χ3v) is 2.77. The van der Waals surface area contributed by atoms with E-state index in [9.17, 15) is 9.18 Å². The van der Waals surface area contributed by atoms with Gasteiger partial charge in [-0.25, -0.2) is 9.37 Å². The molecule has 0 aliphatic heterocycles. The minimum Gasteiger partial charge on any atom is -0.383 e. The lowest BCUT2D eigenvalue weighted by molar-refractivity contribution is 0.103. The van der Waals surface area contributed by atoms with Gasteiger partial charge in [0.2, 0.25) is 0 Å². The highest BCUT2D eigenvalue weighted by atomic mass is 35.5. The molecule has 0 bridgehead atoms. The highest BCUT2D eigenvalue weighted by Crippen LogP contribution is 2.20. The third kappa shape index (κ3) is 2.33. The van der Waals surface area contributed by atoms with Crippen molar-refractivity contribution in [3.63, 3.8) is 0 Å². The molecule has 0 aliphatic rings. The molecular formula is C13H10ClFN2O. The topological polar surface area (TPSA) is 56.0 Å². The van der Waals surface area contributed by atoms with Gasteiger partial charge in [-0.05, 0) is 36.8 Å². The van der Waals surface area contributed by atoms with Crippen LogP contribution in [0.15, 0.2) is 30.5 Å². The fourth-order valence-corrected chi connectivity index (χ4v) is 1.74. The summed E-state index contributed by atoms with van der Waals surface area (Å²) in [5.41, 5.74) is 7.04. The molecule has 0 unspecified atom stereocenters. The van der Waals surface area contributed by atoms with Crippen LogP contribution in [0.1, 0.15) is 21.5 Å². The Labute approximate surface area is 108 Å². The number of nitrogens with zero attached hydrogens (tertiary/aromatic N) is 1. The lowest BCUT2D eigenvalue weighted by atomic mass is 10.0. The average Bonchev–Trinajstić information content (AvgIpc) is 2.35. The predicted molar refractivity (Wildman–Crippen MR) is 68.2 cm³/mol. The number of rotatable bonds is 2. The summed E-state index contributed by atoms with van der Waals surface area (Å²) in [4.78, 5) is 16.1. The average molecular weight is 265 g/mol. The number of pyridine rings is 1. The third-order valence-electron chi connectivity index (χ3n) is 2.48. The van der Waals surface area contributed by atoms with E-state index >= 15 is 0 Å². The molecule has 2 rings (SSSR count). The molecule has 92 valence electrons. The molecule has 0 spiro atoms. The molecule has 0 fully saturated rings. The van der Waals surface area contributed by atoms with Gasteiger partial charge in [-0.1, -0.05) is 11.6 Å². The second kappa shape index (κ2) is 4.74. The summed E-state index contributed by atoms with van der Waals surface area (Å²) in [6.07, 6.45) is 1.57. The first-order valence-electron chi connectivity index (χ1n) is 5.21. The molecule has 0 amide bonds. The van der Waals surface area contributed by atoms with Crippen molar-refractivity contribution in [1.82, 2.24) is 4.98 Å². The van der Waals surface area contributed by atoms with Crippen LogP contribution in [0.4, 0.5) is 10.2 Å². The molecule has 5 heteroatoms. The van der Waals surface area contributed by atoms with Gasteiger partial charge in [0.05, 0.1) is 10.6 Å². The van der Waals surface area contributed by atoms with E-state index in [1.807, 2.05) is 0 Å². The van der Waals surface area contributed by atoms with Gasteiger partial charge in [0, 0.05) is 11.8 Å². The van der Waals surface area contributed by atoms with E-state index in [-0.39, 0.29) is 27.8 Å². The highest BCUT2D eigenvalue weighted by Gasteiger charge is 2.15. The first-order chi connectivity index (χ1) is 8.49. The number of carbonyl (C=O) groups is 1. The summed E-state index contributed by atoms with van der Waals surface area (Å²) >= 11 is 5.64. The molecule has 0 aliphatic carbocycles. The zero-order valence-corrected chi connectivity index (χ0v) is 10.3. The van der Waals surface area contributed by atoms with Gasteiger partial charge in [-0.3, -0.25) is 4.79 Å². The maximum absolute atomic E-state index is 13.0. The number of nitrogen functional groups attached to an aromatic ring is 1. The van der Waals surface area contributed by atoms with E-state index in [4.69, 9.17) is 17.3 Å². The minimum atomic E-state index is -0.566. The van der Waals surface area contributed by atoms with E-state index in [1.54, 1.807) is 19.2 Å². The molecule has 18 heavy (non-hydrogen) atoms. The second-order valence-electron chi connectivity index (χ2n) is 3.90. The number of ketones is 1. The molecule has 2 aromatic rings. The number of aromatic nitrogens is 1. The van der Waals surface area contributed by atoms with Crippen LogP contribution in [0.2, 0.25) is 5.02 Å². The molecule has 3 nitrogen and oxygen atoms in total. The number of hydrogen-bond donors (Lipinski definition) is 1.